The molecule has 1 N–H and O–H groups in total. The third-order valence-corrected chi connectivity index (χ3v) is 5.45. The Bertz CT molecular complexity index is 632. The molecule has 6 heteroatoms. The van der Waals surface area contributed by atoms with Gasteiger partial charge < -0.3 is 5.32 Å². The molecular formula is C18H25N3O3. The lowest BCUT2D eigenvalue weighted by molar-refractivity contribution is -0.384. The Morgan fingerprint density at radius 2 is 2.04 bits per heavy atom. The molecule has 1 amide bonds. The van der Waals surface area contributed by atoms with Crippen molar-refractivity contribution in [3.8, 4) is 0 Å². The molecule has 0 spiro atoms. The van der Waals surface area contributed by atoms with Gasteiger partial charge in [0.2, 0.25) is 5.91 Å². The van der Waals surface area contributed by atoms with E-state index < -0.39 is 4.92 Å². The van der Waals surface area contributed by atoms with E-state index in [1.807, 2.05) is 6.92 Å². The van der Waals surface area contributed by atoms with E-state index in [0.29, 0.717) is 12.2 Å². The van der Waals surface area contributed by atoms with E-state index in [0.717, 1.165) is 30.5 Å². The Morgan fingerprint density at radius 3 is 2.79 bits per heavy atom. The van der Waals surface area contributed by atoms with E-state index in [1.165, 1.54) is 44.2 Å². The summed E-state index contributed by atoms with van der Waals surface area (Å²) < 4.78 is 0. The van der Waals surface area contributed by atoms with Crippen LogP contribution in [0.1, 0.15) is 37.7 Å². The number of carbonyl (C=O) groups excluding carboxylic acids is 1. The van der Waals surface area contributed by atoms with Crippen LogP contribution in [0.15, 0.2) is 18.2 Å². The number of nitro groups is 1. The number of likely N-dealkylation sites (tertiary alicyclic amines) is 1. The summed E-state index contributed by atoms with van der Waals surface area (Å²) >= 11 is 0. The first-order chi connectivity index (χ1) is 11.5. The molecule has 0 bridgehead atoms. The molecule has 1 saturated carbocycles. The number of nitrogens with zero attached hydrogens (tertiary/aromatic N) is 2. The first-order valence-electron chi connectivity index (χ1n) is 8.80. The quantitative estimate of drug-likeness (QED) is 0.678. The maximum Gasteiger partial charge on any atom is 0.271 e. The number of amides is 1. The van der Waals surface area contributed by atoms with Crippen LogP contribution in [0.4, 0.5) is 11.4 Å². The molecule has 24 heavy (non-hydrogen) atoms. The van der Waals surface area contributed by atoms with Crippen LogP contribution in [0.5, 0.6) is 0 Å². The van der Waals surface area contributed by atoms with Crippen LogP contribution in [0.2, 0.25) is 0 Å². The van der Waals surface area contributed by atoms with Crippen molar-refractivity contribution >= 4 is 17.3 Å². The molecule has 1 saturated heterocycles. The van der Waals surface area contributed by atoms with Gasteiger partial charge in [-0.05, 0) is 43.7 Å². The van der Waals surface area contributed by atoms with Gasteiger partial charge in [0.05, 0.1) is 17.2 Å². The molecule has 2 fully saturated rings. The van der Waals surface area contributed by atoms with Gasteiger partial charge in [-0.1, -0.05) is 25.3 Å². The zero-order valence-electron chi connectivity index (χ0n) is 14.2. The van der Waals surface area contributed by atoms with E-state index >= 15 is 0 Å². The summed E-state index contributed by atoms with van der Waals surface area (Å²) in [5, 5.41) is 13.7. The number of hydrogen-bond donors (Lipinski definition) is 1. The average molecular weight is 331 g/mol. The van der Waals surface area contributed by atoms with E-state index in [-0.39, 0.29) is 11.6 Å². The summed E-state index contributed by atoms with van der Waals surface area (Å²) in [6.07, 6.45) is 6.49. The average Bonchev–Trinajstić information content (AvgIpc) is 2.56. The molecule has 0 aromatic heterocycles. The minimum Gasteiger partial charge on any atom is -0.324 e. The number of aryl methyl sites for hydroxylation is 1. The van der Waals surface area contributed by atoms with Crippen LogP contribution < -0.4 is 5.32 Å². The highest BCUT2D eigenvalue weighted by Crippen LogP contribution is 2.35. The maximum atomic E-state index is 12.4. The van der Waals surface area contributed by atoms with Crippen molar-refractivity contribution in [3.05, 3.63) is 33.9 Å². The highest BCUT2D eigenvalue weighted by Gasteiger charge is 2.31. The Balaban J connectivity index is 1.58. The number of non-ortho nitro benzene ring substituents is 1. The summed E-state index contributed by atoms with van der Waals surface area (Å²) in [4.78, 5) is 25.0. The van der Waals surface area contributed by atoms with Gasteiger partial charge in [0, 0.05) is 18.7 Å². The fraction of sp³-hybridized carbons (Fsp3) is 0.611. The summed E-state index contributed by atoms with van der Waals surface area (Å²) in [5.41, 5.74) is 1.36. The molecule has 1 aliphatic heterocycles. The van der Waals surface area contributed by atoms with Gasteiger partial charge in [0.15, 0.2) is 0 Å². The standard InChI is InChI=1S/C18H25N3O3/c1-13-6-7-16(21(23)24)10-17(13)19-18(22)12-20-9-8-14-4-2-3-5-15(14)11-20/h6-7,10,14-15H,2-5,8-9,11-12H2,1H3,(H,19,22)/t14-,15+/m0/s1. The van der Waals surface area contributed by atoms with Crippen molar-refractivity contribution in [2.24, 2.45) is 11.8 Å². The van der Waals surface area contributed by atoms with Crippen molar-refractivity contribution in [2.75, 3.05) is 25.0 Å². The van der Waals surface area contributed by atoms with Gasteiger partial charge in [0.1, 0.15) is 0 Å². The van der Waals surface area contributed by atoms with Crippen LogP contribution in [0, 0.1) is 28.9 Å². The summed E-state index contributed by atoms with van der Waals surface area (Å²) in [6.45, 7) is 4.19. The molecular weight excluding hydrogens is 306 g/mol. The van der Waals surface area contributed by atoms with Gasteiger partial charge in [-0.3, -0.25) is 19.8 Å². The van der Waals surface area contributed by atoms with Crippen molar-refractivity contribution in [1.29, 1.82) is 0 Å². The summed E-state index contributed by atoms with van der Waals surface area (Å²) in [7, 11) is 0. The smallest absolute Gasteiger partial charge is 0.271 e. The Morgan fingerprint density at radius 1 is 1.29 bits per heavy atom. The molecule has 0 radical (unpaired) electrons. The second-order valence-electron chi connectivity index (χ2n) is 7.13. The van der Waals surface area contributed by atoms with E-state index in [9.17, 15) is 14.9 Å². The van der Waals surface area contributed by atoms with Gasteiger partial charge in [-0.25, -0.2) is 0 Å². The second-order valence-corrected chi connectivity index (χ2v) is 7.13. The molecule has 1 aliphatic carbocycles. The number of nitro benzene ring substituents is 1. The monoisotopic (exact) mass is 331 g/mol. The number of anilines is 1. The molecule has 130 valence electrons. The van der Waals surface area contributed by atoms with Gasteiger partial charge in [-0.2, -0.15) is 0 Å². The highest BCUT2D eigenvalue weighted by atomic mass is 16.6. The first-order valence-corrected chi connectivity index (χ1v) is 8.80. The van der Waals surface area contributed by atoms with Crippen molar-refractivity contribution < 1.29 is 9.72 Å². The summed E-state index contributed by atoms with van der Waals surface area (Å²) in [6, 6.07) is 4.56. The molecule has 1 aromatic carbocycles. The van der Waals surface area contributed by atoms with Crippen molar-refractivity contribution in [3.63, 3.8) is 0 Å². The number of nitrogens with one attached hydrogen (secondary N) is 1. The summed E-state index contributed by atoms with van der Waals surface area (Å²) in [5.74, 6) is 1.49. The van der Waals surface area contributed by atoms with Crippen LogP contribution in [0.3, 0.4) is 0 Å². The SMILES string of the molecule is Cc1ccc([N+](=O)[O-])cc1NC(=O)CN1CC[C@@H]2CCCC[C@@H]2C1. The number of piperidine rings is 1. The second kappa shape index (κ2) is 7.30. The third-order valence-electron chi connectivity index (χ3n) is 5.45. The van der Waals surface area contributed by atoms with E-state index in [2.05, 4.69) is 10.2 Å². The van der Waals surface area contributed by atoms with Crippen LogP contribution in [0.25, 0.3) is 0 Å². The number of benzene rings is 1. The van der Waals surface area contributed by atoms with Crippen LogP contribution in [-0.4, -0.2) is 35.4 Å². The maximum absolute atomic E-state index is 12.4. The molecule has 3 rings (SSSR count). The Hall–Kier alpha value is -1.95. The lowest BCUT2D eigenvalue weighted by Crippen LogP contribution is -2.44. The number of fused-ring (bicyclic) bond motifs is 1. The fourth-order valence-corrected chi connectivity index (χ4v) is 4.07. The number of rotatable bonds is 4. The molecule has 6 nitrogen and oxygen atoms in total. The lowest BCUT2D eigenvalue weighted by Gasteiger charge is -2.41. The van der Waals surface area contributed by atoms with E-state index in [1.54, 1.807) is 6.07 Å². The van der Waals surface area contributed by atoms with Gasteiger partial charge in [-0.15, -0.1) is 0 Å². The minimum absolute atomic E-state index is 0.00100. The predicted octanol–water partition coefficient (Wildman–Crippen LogP) is 3.35. The Kier molecular flexibility index (Phi) is 5.14. The van der Waals surface area contributed by atoms with Crippen LogP contribution >= 0.6 is 0 Å². The zero-order chi connectivity index (χ0) is 17.1. The minimum atomic E-state index is -0.442. The Labute approximate surface area is 142 Å². The molecule has 1 heterocycles. The zero-order valence-corrected chi connectivity index (χ0v) is 14.2. The number of hydrogen-bond acceptors (Lipinski definition) is 4. The largest absolute Gasteiger partial charge is 0.324 e. The van der Waals surface area contributed by atoms with Gasteiger partial charge in [0.25, 0.3) is 5.69 Å². The molecule has 2 aliphatic rings. The van der Waals surface area contributed by atoms with Crippen molar-refractivity contribution in [2.45, 2.75) is 39.0 Å². The number of carbonyl (C=O) groups is 1. The third kappa shape index (κ3) is 3.93. The normalized spacial score (nSPS) is 24.2. The van der Waals surface area contributed by atoms with Gasteiger partial charge >= 0.3 is 0 Å². The fourth-order valence-electron chi connectivity index (χ4n) is 4.07. The van der Waals surface area contributed by atoms with Crippen molar-refractivity contribution in [1.82, 2.24) is 4.90 Å². The van der Waals surface area contributed by atoms with E-state index in [4.69, 9.17) is 0 Å². The highest BCUT2D eigenvalue weighted by molar-refractivity contribution is 5.93. The van der Waals surface area contributed by atoms with Crippen LogP contribution in [-0.2, 0) is 4.79 Å². The predicted molar refractivity (Wildman–Crippen MR) is 93.0 cm³/mol. The topological polar surface area (TPSA) is 75.5 Å². The molecule has 1 aromatic rings. The first kappa shape index (κ1) is 16.9. The molecule has 2 atom stereocenters. The molecule has 0 unspecified atom stereocenters. The lowest BCUT2D eigenvalue weighted by atomic mass is 9.75.